The third-order valence-corrected chi connectivity index (χ3v) is 5.12. The van der Waals surface area contributed by atoms with Gasteiger partial charge in [0.2, 0.25) is 0 Å². The molecule has 1 aliphatic rings. The number of benzene rings is 1. The van der Waals surface area contributed by atoms with Gasteiger partial charge >= 0.3 is 5.69 Å². The minimum Gasteiger partial charge on any atom is -0.487 e. The summed E-state index contributed by atoms with van der Waals surface area (Å²) in [6.45, 7) is 3.17. The van der Waals surface area contributed by atoms with Gasteiger partial charge in [-0.2, -0.15) is 0 Å². The number of hydrogen-bond acceptors (Lipinski definition) is 6. The minimum absolute atomic E-state index is 0.0581. The van der Waals surface area contributed by atoms with Crippen molar-refractivity contribution in [3.8, 4) is 5.75 Å². The van der Waals surface area contributed by atoms with Crippen LogP contribution in [0.3, 0.4) is 0 Å². The van der Waals surface area contributed by atoms with Crippen LogP contribution in [0.15, 0.2) is 42.6 Å². The van der Waals surface area contributed by atoms with Crippen LogP contribution in [0.25, 0.3) is 5.65 Å². The topological polar surface area (TPSA) is 103 Å². The fraction of sp³-hybridized carbons (Fsp3) is 0.350. The number of carbonyl (C=O) groups is 1. The van der Waals surface area contributed by atoms with E-state index in [0.29, 0.717) is 19.7 Å². The van der Waals surface area contributed by atoms with Crippen molar-refractivity contribution < 1.29 is 14.5 Å². The molecule has 150 valence electrons. The van der Waals surface area contributed by atoms with Crippen LogP contribution in [0.2, 0.25) is 0 Å². The summed E-state index contributed by atoms with van der Waals surface area (Å²) in [5.41, 5.74) is 0.856. The van der Waals surface area contributed by atoms with Gasteiger partial charge in [-0.15, -0.1) is 10.2 Å². The number of nitrogens with zero attached hydrogens (tertiary/aromatic N) is 5. The molecule has 1 unspecified atom stereocenters. The molecule has 0 bridgehead atoms. The molecule has 3 aromatic rings. The van der Waals surface area contributed by atoms with E-state index < -0.39 is 4.92 Å². The Labute approximate surface area is 167 Å². The van der Waals surface area contributed by atoms with E-state index in [9.17, 15) is 14.9 Å². The maximum atomic E-state index is 13.0. The number of likely N-dealkylation sites (tertiary alicyclic amines) is 1. The largest absolute Gasteiger partial charge is 0.487 e. The van der Waals surface area contributed by atoms with Gasteiger partial charge in [-0.25, -0.2) is 0 Å². The summed E-state index contributed by atoms with van der Waals surface area (Å²) in [5, 5.41) is 19.9. The summed E-state index contributed by atoms with van der Waals surface area (Å²) in [5.74, 6) is 0.828. The summed E-state index contributed by atoms with van der Waals surface area (Å²) in [6.07, 6.45) is 3.65. The molecule has 1 atom stereocenters. The van der Waals surface area contributed by atoms with Gasteiger partial charge in [-0.05, 0) is 44.0 Å². The summed E-state index contributed by atoms with van der Waals surface area (Å²) >= 11 is 0. The second-order valence-electron chi connectivity index (χ2n) is 6.95. The lowest BCUT2D eigenvalue weighted by molar-refractivity contribution is -0.385. The SMILES string of the molecule is CCOc1ccc(C(=O)N2CCCC(c3nnc4ccccn34)C2)cc1[N+](=O)[O-]. The maximum absolute atomic E-state index is 13.0. The Kier molecular flexibility index (Phi) is 5.11. The predicted octanol–water partition coefficient (Wildman–Crippen LogP) is 3.06. The zero-order valence-electron chi connectivity index (χ0n) is 16.0. The molecule has 1 fully saturated rings. The van der Waals surface area contributed by atoms with Crippen molar-refractivity contribution in [2.45, 2.75) is 25.7 Å². The van der Waals surface area contributed by atoms with Crippen molar-refractivity contribution in [2.75, 3.05) is 19.7 Å². The Bertz CT molecular complexity index is 1060. The van der Waals surface area contributed by atoms with Crippen LogP contribution in [0.4, 0.5) is 5.69 Å². The van der Waals surface area contributed by atoms with E-state index in [0.717, 1.165) is 24.3 Å². The highest BCUT2D eigenvalue weighted by Gasteiger charge is 2.29. The number of ether oxygens (including phenoxy) is 1. The Balaban J connectivity index is 1.57. The molecule has 9 nitrogen and oxygen atoms in total. The molecular formula is C20H21N5O4. The van der Waals surface area contributed by atoms with Gasteiger partial charge in [0.05, 0.1) is 11.5 Å². The Hall–Kier alpha value is -3.49. The lowest BCUT2D eigenvalue weighted by atomic mass is 9.96. The number of fused-ring (bicyclic) bond motifs is 1. The van der Waals surface area contributed by atoms with Gasteiger partial charge in [0, 0.05) is 36.8 Å². The van der Waals surface area contributed by atoms with Crippen LogP contribution in [0.5, 0.6) is 5.75 Å². The normalized spacial score (nSPS) is 16.7. The van der Waals surface area contributed by atoms with E-state index in [-0.39, 0.29) is 28.8 Å². The van der Waals surface area contributed by atoms with Crippen molar-refractivity contribution in [3.05, 3.63) is 64.1 Å². The van der Waals surface area contributed by atoms with Crippen molar-refractivity contribution in [3.63, 3.8) is 0 Å². The summed E-state index contributed by atoms with van der Waals surface area (Å²) in [7, 11) is 0. The molecule has 4 rings (SSSR count). The van der Waals surface area contributed by atoms with E-state index >= 15 is 0 Å². The van der Waals surface area contributed by atoms with E-state index in [1.54, 1.807) is 17.9 Å². The number of nitro benzene ring substituents is 1. The first-order valence-corrected chi connectivity index (χ1v) is 9.58. The van der Waals surface area contributed by atoms with Crippen molar-refractivity contribution in [1.29, 1.82) is 0 Å². The molecule has 29 heavy (non-hydrogen) atoms. The Morgan fingerprint density at radius 2 is 2.17 bits per heavy atom. The first-order chi connectivity index (χ1) is 14.1. The number of pyridine rings is 1. The molecule has 0 radical (unpaired) electrons. The number of hydrogen-bond donors (Lipinski definition) is 0. The van der Waals surface area contributed by atoms with Crippen molar-refractivity contribution in [2.24, 2.45) is 0 Å². The fourth-order valence-electron chi connectivity index (χ4n) is 3.76. The third kappa shape index (κ3) is 3.63. The molecule has 9 heteroatoms. The van der Waals surface area contributed by atoms with Crippen LogP contribution in [-0.4, -0.2) is 50.0 Å². The van der Waals surface area contributed by atoms with Gasteiger partial charge in [-0.1, -0.05) is 6.07 Å². The quantitative estimate of drug-likeness (QED) is 0.486. The fourth-order valence-corrected chi connectivity index (χ4v) is 3.76. The lowest BCUT2D eigenvalue weighted by Gasteiger charge is -2.32. The first-order valence-electron chi connectivity index (χ1n) is 9.58. The van der Waals surface area contributed by atoms with Gasteiger partial charge in [0.25, 0.3) is 5.91 Å². The van der Waals surface area contributed by atoms with Gasteiger partial charge < -0.3 is 9.64 Å². The molecule has 0 aliphatic carbocycles. The molecule has 3 heterocycles. The highest BCUT2D eigenvalue weighted by molar-refractivity contribution is 5.95. The van der Waals surface area contributed by atoms with Gasteiger partial charge in [0.1, 0.15) is 5.82 Å². The molecule has 0 spiro atoms. The number of rotatable bonds is 5. The van der Waals surface area contributed by atoms with E-state index in [1.807, 2.05) is 28.8 Å². The average molecular weight is 395 g/mol. The monoisotopic (exact) mass is 395 g/mol. The first kappa shape index (κ1) is 18.9. The van der Waals surface area contributed by atoms with Crippen LogP contribution in [0, 0.1) is 10.1 Å². The summed E-state index contributed by atoms with van der Waals surface area (Å²) in [6, 6.07) is 10.1. The summed E-state index contributed by atoms with van der Waals surface area (Å²) in [4.78, 5) is 25.6. The summed E-state index contributed by atoms with van der Waals surface area (Å²) < 4.78 is 7.25. The molecule has 1 aromatic carbocycles. The molecule has 1 saturated heterocycles. The van der Waals surface area contributed by atoms with Crippen molar-refractivity contribution in [1.82, 2.24) is 19.5 Å². The lowest BCUT2D eigenvalue weighted by Crippen LogP contribution is -2.39. The molecule has 0 saturated carbocycles. The molecule has 2 aromatic heterocycles. The predicted molar refractivity (Wildman–Crippen MR) is 105 cm³/mol. The van der Waals surface area contributed by atoms with Crippen LogP contribution >= 0.6 is 0 Å². The molecular weight excluding hydrogens is 374 g/mol. The maximum Gasteiger partial charge on any atom is 0.311 e. The highest BCUT2D eigenvalue weighted by Crippen LogP contribution is 2.30. The zero-order chi connectivity index (χ0) is 20.4. The average Bonchev–Trinajstić information content (AvgIpc) is 3.18. The van der Waals surface area contributed by atoms with Gasteiger partial charge in [-0.3, -0.25) is 19.3 Å². The number of amides is 1. The second-order valence-corrected chi connectivity index (χ2v) is 6.95. The highest BCUT2D eigenvalue weighted by atomic mass is 16.6. The number of carbonyl (C=O) groups excluding carboxylic acids is 1. The Morgan fingerprint density at radius 1 is 1.31 bits per heavy atom. The van der Waals surface area contributed by atoms with Crippen molar-refractivity contribution >= 4 is 17.2 Å². The van der Waals surface area contributed by atoms with Gasteiger partial charge in [0.15, 0.2) is 11.4 Å². The molecule has 1 aliphatic heterocycles. The van der Waals surface area contributed by atoms with Crippen LogP contribution in [-0.2, 0) is 0 Å². The van der Waals surface area contributed by atoms with Crippen LogP contribution in [0.1, 0.15) is 41.9 Å². The number of piperidine rings is 1. The van der Waals surface area contributed by atoms with E-state index in [4.69, 9.17) is 4.74 Å². The number of aromatic nitrogens is 3. The zero-order valence-corrected chi connectivity index (χ0v) is 16.0. The third-order valence-electron chi connectivity index (χ3n) is 5.12. The second kappa shape index (κ2) is 7.86. The van der Waals surface area contributed by atoms with E-state index in [1.165, 1.54) is 12.1 Å². The number of nitro groups is 1. The molecule has 0 N–H and O–H groups in total. The smallest absolute Gasteiger partial charge is 0.311 e. The van der Waals surface area contributed by atoms with E-state index in [2.05, 4.69) is 10.2 Å². The Morgan fingerprint density at radius 3 is 2.97 bits per heavy atom. The minimum atomic E-state index is -0.525. The molecule has 1 amide bonds. The van der Waals surface area contributed by atoms with Crippen LogP contribution < -0.4 is 4.74 Å². The standard InChI is InChI=1S/C20H21N5O4/c1-2-29-17-9-8-14(12-16(17)25(27)28)20(26)23-10-5-6-15(13-23)19-22-21-18-7-3-4-11-24(18)19/h3-4,7-9,11-12,15H,2,5-6,10,13H2,1H3.